The number of likely N-dealkylation sites (tertiary alicyclic amines) is 1. The molecule has 1 aromatic carbocycles. The minimum Gasteiger partial charge on any atom is -0.350 e. The minimum atomic E-state index is -0.881. The molecule has 1 N–H and O–H groups in total. The molecule has 3 rings (SSSR count). The molecule has 1 fully saturated rings. The molecule has 3 atom stereocenters. The van der Waals surface area contributed by atoms with Crippen molar-refractivity contribution in [2.45, 2.75) is 31.5 Å². The predicted octanol–water partition coefficient (Wildman–Crippen LogP) is 1.68. The molecule has 3 unspecified atom stereocenters. The second-order valence-corrected chi connectivity index (χ2v) is 6.05. The van der Waals surface area contributed by atoms with E-state index in [1.54, 1.807) is 13.0 Å². The number of hydrogen-bond donors (Lipinski definition) is 1. The molecule has 0 saturated carbocycles. The van der Waals surface area contributed by atoms with E-state index >= 15 is 0 Å². The van der Waals surface area contributed by atoms with Crippen molar-refractivity contribution in [2.24, 2.45) is 0 Å². The van der Waals surface area contributed by atoms with Crippen LogP contribution in [-0.2, 0) is 4.79 Å². The van der Waals surface area contributed by atoms with Gasteiger partial charge >= 0.3 is 0 Å². The molecule has 0 bridgehead atoms. The number of nitrogens with one attached hydrogen (secondary N) is 1. The van der Waals surface area contributed by atoms with Gasteiger partial charge in [-0.1, -0.05) is 6.07 Å². The van der Waals surface area contributed by atoms with Gasteiger partial charge in [0.25, 0.3) is 0 Å². The van der Waals surface area contributed by atoms with Gasteiger partial charge in [-0.05, 0) is 38.1 Å². The number of rotatable bonds is 4. The molecule has 1 saturated heterocycles. The van der Waals surface area contributed by atoms with E-state index in [9.17, 15) is 13.6 Å². The summed E-state index contributed by atoms with van der Waals surface area (Å²) >= 11 is 0. The maximum absolute atomic E-state index is 13.6. The molecular weight excluding hydrogens is 316 g/mol. The Balaban J connectivity index is 1.76. The second-order valence-electron chi connectivity index (χ2n) is 6.05. The lowest BCUT2D eigenvalue weighted by atomic mass is 9.99. The van der Waals surface area contributed by atoms with Gasteiger partial charge in [-0.25, -0.2) is 18.4 Å². The van der Waals surface area contributed by atoms with Crippen LogP contribution in [0, 0.1) is 11.6 Å². The summed E-state index contributed by atoms with van der Waals surface area (Å²) in [7, 11) is 1.90. The highest BCUT2D eigenvalue weighted by Gasteiger charge is 2.35. The Morgan fingerprint density at radius 1 is 1.38 bits per heavy atom. The van der Waals surface area contributed by atoms with Crippen molar-refractivity contribution in [2.75, 3.05) is 13.6 Å². The number of aromatic nitrogens is 3. The molecule has 0 radical (unpaired) electrons. The van der Waals surface area contributed by atoms with Crippen LogP contribution in [0.4, 0.5) is 8.78 Å². The summed E-state index contributed by atoms with van der Waals surface area (Å²) in [5.74, 6) is -1.94. The van der Waals surface area contributed by atoms with Crippen molar-refractivity contribution in [1.82, 2.24) is 25.0 Å². The fraction of sp³-hybridized carbons (Fsp3) is 0.438. The smallest absolute Gasteiger partial charge is 0.244 e. The third-order valence-corrected chi connectivity index (χ3v) is 4.47. The van der Waals surface area contributed by atoms with Gasteiger partial charge in [0.1, 0.15) is 18.7 Å². The summed E-state index contributed by atoms with van der Waals surface area (Å²) in [6.45, 7) is 2.49. The number of carbonyl (C=O) groups is 1. The highest BCUT2D eigenvalue weighted by atomic mass is 19.2. The first-order valence-corrected chi connectivity index (χ1v) is 7.77. The Hall–Kier alpha value is -2.35. The van der Waals surface area contributed by atoms with Gasteiger partial charge in [0, 0.05) is 12.6 Å². The van der Waals surface area contributed by atoms with Crippen LogP contribution < -0.4 is 5.32 Å². The van der Waals surface area contributed by atoms with Gasteiger partial charge in [-0.3, -0.25) is 9.69 Å². The van der Waals surface area contributed by atoms with Crippen LogP contribution in [0.1, 0.15) is 31.0 Å². The summed E-state index contributed by atoms with van der Waals surface area (Å²) in [5, 5.41) is 6.96. The number of benzene rings is 1. The van der Waals surface area contributed by atoms with Crippen molar-refractivity contribution >= 4 is 5.91 Å². The SMILES string of the molecule is CC(C(=O)NC1CCN(C)C1c1ccc(F)c(F)c1)n1cncn1. The molecule has 1 aromatic heterocycles. The van der Waals surface area contributed by atoms with Gasteiger partial charge in [-0.2, -0.15) is 5.10 Å². The molecule has 2 heterocycles. The quantitative estimate of drug-likeness (QED) is 0.923. The Labute approximate surface area is 138 Å². The maximum atomic E-state index is 13.6. The fourth-order valence-corrected chi connectivity index (χ4v) is 3.12. The number of amides is 1. The van der Waals surface area contributed by atoms with Crippen molar-refractivity contribution in [3.63, 3.8) is 0 Å². The largest absolute Gasteiger partial charge is 0.350 e. The lowest BCUT2D eigenvalue weighted by Crippen LogP contribution is -2.42. The Morgan fingerprint density at radius 2 is 2.17 bits per heavy atom. The van der Waals surface area contributed by atoms with Crippen LogP contribution in [0.5, 0.6) is 0 Å². The molecule has 6 nitrogen and oxygen atoms in total. The van der Waals surface area contributed by atoms with E-state index in [0.717, 1.165) is 19.0 Å². The van der Waals surface area contributed by atoms with Gasteiger partial charge in [0.2, 0.25) is 5.91 Å². The molecule has 0 spiro atoms. The van der Waals surface area contributed by atoms with Gasteiger partial charge in [0.05, 0.1) is 6.04 Å². The van der Waals surface area contributed by atoms with Crippen LogP contribution in [0.3, 0.4) is 0 Å². The molecule has 2 aromatic rings. The average molecular weight is 335 g/mol. The Morgan fingerprint density at radius 3 is 2.83 bits per heavy atom. The number of halogens is 2. The molecular formula is C16H19F2N5O. The summed E-state index contributed by atoms with van der Waals surface area (Å²) in [6, 6.07) is 3.00. The van der Waals surface area contributed by atoms with E-state index in [1.807, 2.05) is 11.9 Å². The van der Waals surface area contributed by atoms with E-state index in [4.69, 9.17) is 0 Å². The predicted molar refractivity (Wildman–Crippen MR) is 83.0 cm³/mol. The van der Waals surface area contributed by atoms with E-state index < -0.39 is 17.7 Å². The number of likely N-dealkylation sites (N-methyl/N-ethyl adjacent to an activating group) is 1. The van der Waals surface area contributed by atoms with Crippen LogP contribution in [0.2, 0.25) is 0 Å². The van der Waals surface area contributed by atoms with Gasteiger partial charge < -0.3 is 5.32 Å². The zero-order chi connectivity index (χ0) is 17.3. The van der Waals surface area contributed by atoms with Crippen molar-refractivity contribution < 1.29 is 13.6 Å². The monoisotopic (exact) mass is 335 g/mol. The van der Waals surface area contributed by atoms with Crippen LogP contribution in [0.25, 0.3) is 0 Å². The first-order valence-electron chi connectivity index (χ1n) is 7.77. The van der Waals surface area contributed by atoms with Crippen LogP contribution in [-0.4, -0.2) is 45.2 Å². The van der Waals surface area contributed by atoms with Crippen LogP contribution in [0.15, 0.2) is 30.9 Å². The summed E-state index contributed by atoms with van der Waals surface area (Å²) < 4.78 is 28.2. The maximum Gasteiger partial charge on any atom is 0.244 e. The second kappa shape index (κ2) is 6.64. The van der Waals surface area contributed by atoms with Gasteiger partial charge in [-0.15, -0.1) is 0 Å². The first-order chi connectivity index (χ1) is 11.5. The molecule has 1 aliphatic rings. The molecule has 1 amide bonds. The third kappa shape index (κ3) is 3.14. The lowest BCUT2D eigenvalue weighted by molar-refractivity contribution is -0.125. The highest BCUT2D eigenvalue weighted by molar-refractivity contribution is 5.80. The Bertz CT molecular complexity index is 721. The number of hydrogen-bond acceptors (Lipinski definition) is 4. The van der Waals surface area contributed by atoms with Crippen LogP contribution >= 0.6 is 0 Å². The third-order valence-electron chi connectivity index (χ3n) is 4.47. The summed E-state index contributed by atoms with van der Waals surface area (Å²) in [4.78, 5) is 18.3. The van der Waals surface area contributed by atoms with Crippen molar-refractivity contribution in [1.29, 1.82) is 0 Å². The molecule has 128 valence electrons. The fourth-order valence-electron chi connectivity index (χ4n) is 3.12. The minimum absolute atomic E-state index is 0.182. The van der Waals surface area contributed by atoms with E-state index in [2.05, 4.69) is 15.4 Å². The zero-order valence-electron chi connectivity index (χ0n) is 13.5. The van der Waals surface area contributed by atoms with E-state index in [1.165, 1.54) is 23.4 Å². The lowest BCUT2D eigenvalue weighted by Gasteiger charge is -2.27. The summed E-state index contributed by atoms with van der Waals surface area (Å²) in [6.07, 6.45) is 3.59. The average Bonchev–Trinajstić information content (AvgIpc) is 3.20. The highest BCUT2D eigenvalue weighted by Crippen LogP contribution is 2.32. The molecule has 0 aliphatic carbocycles. The molecule has 8 heteroatoms. The van der Waals surface area contributed by atoms with Crippen molar-refractivity contribution in [3.05, 3.63) is 48.1 Å². The standard InChI is InChI=1S/C16H19F2N5O/c1-10(23-9-19-8-20-23)16(24)21-14-5-6-22(2)15(14)11-3-4-12(17)13(18)7-11/h3-4,7-10,14-15H,5-6H2,1-2H3,(H,21,24). The van der Waals surface area contributed by atoms with Gasteiger partial charge in [0.15, 0.2) is 11.6 Å². The van der Waals surface area contributed by atoms with E-state index in [0.29, 0.717) is 5.56 Å². The number of carbonyl (C=O) groups excluding carboxylic acids is 1. The summed E-state index contributed by atoms with van der Waals surface area (Å²) in [5.41, 5.74) is 0.646. The molecule has 24 heavy (non-hydrogen) atoms. The molecule has 1 aliphatic heterocycles. The number of nitrogens with zero attached hydrogens (tertiary/aromatic N) is 4. The van der Waals surface area contributed by atoms with E-state index in [-0.39, 0.29) is 18.0 Å². The normalized spacial score (nSPS) is 22.5. The zero-order valence-corrected chi connectivity index (χ0v) is 13.5. The Kier molecular flexibility index (Phi) is 4.57. The first kappa shape index (κ1) is 16.5. The van der Waals surface area contributed by atoms with Crippen molar-refractivity contribution in [3.8, 4) is 0 Å². The topological polar surface area (TPSA) is 63.1 Å².